The average Bonchev–Trinajstić information content (AvgIpc) is 2.90. The maximum Gasteiger partial charge on any atom is 0.322 e. The predicted octanol–water partition coefficient (Wildman–Crippen LogP) is 1.81. The fraction of sp³-hybridized carbons (Fsp3) is 0.765. The second-order valence-electron chi connectivity index (χ2n) is 7.10. The van der Waals surface area contributed by atoms with Gasteiger partial charge < -0.3 is 19.6 Å². The Kier molecular flexibility index (Phi) is 5.55. The molecular weight excluding hydrogens is 322 g/mol. The summed E-state index contributed by atoms with van der Waals surface area (Å²) in [4.78, 5) is 29.0. The highest BCUT2D eigenvalue weighted by Gasteiger charge is 2.31. The highest BCUT2D eigenvalue weighted by atomic mass is 16.5. The Morgan fingerprint density at radius 1 is 1.04 bits per heavy atom. The first kappa shape index (κ1) is 17.7. The zero-order valence-electron chi connectivity index (χ0n) is 15.0. The topological polar surface area (TPSA) is 91.7 Å². The molecule has 2 atom stereocenters. The van der Waals surface area contributed by atoms with E-state index in [4.69, 9.17) is 4.74 Å². The average molecular weight is 349 g/mol. The molecule has 0 bridgehead atoms. The lowest BCUT2D eigenvalue weighted by molar-refractivity contribution is -0.142. The quantitative estimate of drug-likeness (QED) is 0.880. The molecule has 1 aromatic heterocycles. The number of carboxylic acids is 1. The van der Waals surface area contributed by atoms with Crippen molar-refractivity contribution < 1.29 is 14.6 Å². The minimum atomic E-state index is -0.759. The van der Waals surface area contributed by atoms with Crippen molar-refractivity contribution >= 4 is 17.9 Å². The number of piperidine rings is 1. The van der Waals surface area contributed by atoms with Gasteiger partial charge in [0.05, 0.1) is 13.0 Å². The van der Waals surface area contributed by atoms with Gasteiger partial charge in [-0.3, -0.25) is 4.79 Å². The molecule has 138 valence electrons. The van der Waals surface area contributed by atoms with Crippen molar-refractivity contribution in [2.45, 2.75) is 39.0 Å². The Balaban J connectivity index is 1.87. The van der Waals surface area contributed by atoms with Crippen molar-refractivity contribution in [3.8, 4) is 6.01 Å². The molecule has 0 saturated carbocycles. The number of rotatable bonds is 4. The first-order valence-corrected chi connectivity index (χ1v) is 9.09. The maximum absolute atomic E-state index is 11.4. The van der Waals surface area contributed by atoms with E-state index in [0.29, 0.717) is 24.9 Å². The Morgan fingerprint density at radius 3 is 2.28 bits per heavy atom. The zero-order chi connectivity index (χ0) is 17.8. The van der Waals surface area contributed by atoms with Gasteiger partial charge in [0.2, 0.25) is 11.9 Å². The van der Waals surface area contributed by atoms with Crippen molar-refractivity contribution in [3.63, 3.8) is 0 Å². The number of nitrogens with zero attached hydrogens (tertiary/aromatic N) is 5. The van der Waals surface area contributed by atoms with E-state index in [1.165, 1.54) is 12.8 Å². The third kappa shape index (κ3) is 4.29. The van der Waals surface area contributed by atoms with Gasteiger partial charge in [-0.05, 0) is 25.2 Å². The first-order chi connectivity index (χ1) is 12.1. The summed E-state index contributed by atoms with van der Waals surface area (Å²) in [6.07, 6.45) is 5.41. The summed E-state index contributed by atoms with van der Waals surface area (Å²) in [5.41, 5.74) is 0. The summed E-state index contributed by atoms with van der Waals surface area (Å²) in [5.74, 6) is 0.274. The smallest absolute Gasteiger partial charge is 0.322 e. The highest BCUT2D eigenvalue weighted by molar-refractivity contribution is 5.71. The molecule has 2 saturated heterocycles. The summed E-state index contributed by atoms with van der Waals surface area (Å²) in [6.45, 7) is 5.10. The molecule has 0 aliphatic carbocycles. The van der Waals surface area contributed by atoms with E-state index in [2.05, 4.69) is 26.8 Å². The van der Waals surface area contributed by atoms with E-state index < -0.39 is 11.9 Å². The van der Waals surface area contributed by atoms with Crippen molar-refractivity contribution in [2.75, 3.05) is 43.1 Å². The molecule has 2 aliphatic rings. The second-order valence-corrected chi connectivity index (χ2v) is 7.10. The minimum absolute atomic E-state index is 0.277. The number of hydrogen-bond acceptors (Lipinski definition) is 7. The number of aromatic nitrogens is 3. The molecule has 25 heavy (non-hydrogen) atoms. The first-order valence-electron chi connectivity index (χ1n) is 9.09. The van der Waals surface area contributed by atoms with Crippen LogP contribution in [0.1, 0.15) is 39.0 Å². The molecule has 0 aromatic carbocycles. The lowest BCUT2D eigenvalue weighted by Gasteiger charge is -2.35. The number of hydrogen-bond donors (Lipinski definition) is 1. The van der Waals surface area contributed by atoms with Gasteiger partial charge in [-0.15, -0.1) is 0 Å². The van der Waals surface area contributed by atoms with Crippen LogP contribution in [0.5, 0.6) is 6.01 Å². The van der Waals surface area contributed by atoms with E-state index in [1.54, 1.807) is 7.11 Å². The molecule has 1 aromatic rings. The van der Waals surface area contributed by atoms with Crippen LogP contribution in [0, 0.1) is 11.8 Å². The minimum Gasteiger partial charge on any atom is -0.481 e. The molecule has 8 heteroatoms. The Hall–Kier alpha value is -2.12. The SMILES string of the molecule is COc1nc(N2CCCCCC2)nc(N2CC(C)CC(C(=O)O)C2)n1. The van der Waals surface area contributed by atoms with Crippen LogP contribution in [0.3, 0.4) is 0 Å². The predicted molar refractivity (Wildman–Crippen MR) is 94.2 cm³/mol. The Bertz CT molecular complexity index is 604. The molecule has 1 N–H and O–H groups in total. The molecule has 8 nitrogen and oxygen atoms in total. The van der Waals surface area contributed by atoms with Gasteiger partial charge in [0.25, 0.3) is 0 Å². The van der Waals surface area contributed by atoms with Gasteiger partial charge in [0, 0.05) is 26.2 Å². The normalized spacial score (nSPS) is 24.7. The van der Waals surface area contributed by atoms with Crippen molar-refractivity contribution in [2.24, 2.45) is 11.8 Å². The van der Waals surface area contributed by atoms with Crippen molar-refractivity contribution in [1.82, 2.24) is 15.0 Å². The molecule has 2 fully saturated rings. The molecule has 0 spiro atoms. The number of ether oxygens (including phenoxy) is 1. The van der Waals surface area contributed by atoms with E-state index in [1.807, 2.05) is 4.90 Å². The molecule has 0 radical (unpaired) electrons. The lowest BCUT2D eigenvalue weighted by Crippen LogP contribution is -2.43. The molecular formula is C17H27N5O3. The summed E-state index contributed by atoms with van der Waals surface area (Å²) in [6, 6.07) is 0.286. The third-order valence-electron chi connectivity index (χ3n) is 4.95. The number of aliphatic carboxylic acids is 1. The van der Waals surface area contributed by atoms with Gasteiger partial charge in [0.1, 0.15) is 0 Å². The number of methoxy groups -OCH3 is 1. The monoisotopic (exact) mass is 349 g/mol. The van der Waals surface area contributed by atoms with Crippen molar-refractivity contribution in [3.05, 3.63) is 0 Å². The summed E-state index contributed by atoms with van der Waals surface area (Å²) < 4.78 is 5.28. The van der Waals surface area contributed by atoms with E-state index >= 15 is 0 Å². The van der Waals surface area contributed by atoms with Gasteiger partial charge in [-0.2, -0.15) is 15.0 Å². The van der Waals surface area contributed by atoms with Crippen LogP contribution in [0.15, 0.2) is 0 Å². The third-order valence-corrected chi connectivity index (χ3v) is 4.95. The van der Waals surface area contributed by atoms with Crippen LogP contribution in [0.25, 0.3) is 0 Å². The largest absolute Gasteiger partial charge is 0.481 e. The zero-order valence-corrected chi connectivity index (χ0v) is 15.0. The standard InChI is InChI=1S/C17H27N5O3/c1-12-9-13(14(23)24)11-22(10-12)16-18-15(19-17(20-16)25-2)21-7-5-3-4-6-8-21/h12-13H,3-11H2,1-2H3,(H,23,24). The van der Waals surface area contributed by atoms with E-state index in [9.17, 15) is 9.90 Å². The number of carbonyl (C=O) groups is 1. The van der Waals surface area contributed by atoms with Crippen LogP contribution in [-0.2, 0) is 4.79 Å². The maximum atomic E-state index is 11.4. The molecule has 2 unspecified atom stereocenters. The van der Waals surface area contributed by atoms with Crippen LogP contribution in [-0.4, -0.2) is 59.3 Å². The number of carboxylic acid groups (broad SMARTS) is 1. The molecule has 3 heterocycles. The van der Waals surface area contributed by atoms with Gasteiger partial charge in [0.15, 0.2) is 0 Å². The van der Waals surface area contributed by atoms with Crippen molar-refractivity contribution in [1.29, 1.82) is 0 Å². The fourth-order valence-electron chi connectivity index (χ4n) is 3.67. The second kappa shape index (κ2) is 7.84. The summed E-state index contributed by atoms with van der Waals surface area (Å²) in [5, 5.41) is 9.40. The fourth-order valence-corrected chi connectivity index (χ4v) is 3.67. The molecule has 3 rings (SSSR count). The van der Waals surface area contributed by atoms with Crippen LogP contribution in [0.4, 0.5) is 11.9 Å². The van der Waals surface area contributed by atoms with Crippen LogP contribution in [0.2, 0.25) is 0 Å². The Labute approximate surface area is 148 Å². The van der Waals surface area contributed by atoms with Crippen LogP contribution >= 0.6 is 0 Å². The summed E-state index contributed by atoms with van der Waals surface area (Å²) in [7, 11) is 1.55. The van der Waals surface area contributed by atoms with E-state index in [0.717, 1.165) is 32.5 Å². The highest BCUT2D eigenvalue weighted by Crippen LogP contribution is 2.27. The van der Waals surface area contributed by atoms with Gasteiger partial charge >= 0.3 is 12.0 Å². The molecule has 0 amide bonds. The molecule has 2 aliphatic heterocycles. The van der Waals surface area contributed by atoms with Gasteiger partial charge in [-0.1, -0.05) is 19.8 Å². The Morgan fingerprint density at radius 2 is 1.68 bits per heavy atom. The number of anilines is 2. The van der Waals surface area contributed by atoms with Crippen LogP contribution < -0.4 is 14.5 Å². The summed E-state index contributed by atoms with van der Waals surface area (Å²) >= 11 is 0. The lowest BCUT2D eigenvalue weighted by atomic mass is 9.91. The van der Waals surface area contributed by atoms with Gasteiger partial charge in [-0.25, -0.2) is 0 Å². The van der Waals surface area contributed by atoms with E-state index in [-0.39, 0.29) is 11.9 Å².